The first-order chi connectivity index (χ1) is 8.88. The molecule has 0 aliphatic rings. The van der Waals surface area contributed by atoms with Crippen molar-refractivity contribution in [2.24, 2.45) is 11.7 Å². The standard InChI is InChI=1S/C12H14F2N3O2/c1-7(4-11(15)18)5-12(19)17-16-10-3-2-8(13)6-9(10)14/h2-3,5-7,16H,4H2,1H3,(H2,15,18)(H,17,19)/t7-/m1/s1. The van der Waals surface area contributed by atoms with Crippen LogP contribution in [0.2, 0.25) is 0 Å². The molecule has 1 aromatic carbocycles. The van der Waals surface area contributed by atoms with Crippen LogP contribution in [0, 0.1) is 24.0 Å². The largest absolute Gasteiger partial charge is 0.370 e. The number of rotatable bonds is 6. The van der Waals surface area contributed by atoms with E-state index < -0.39 is 23.4 Å². The van der Waals surface area contributed by atoms with Crippen LogP contribution < -0.4 is 16.6 Å². The van der Waals surface area contributed by atoms with Crippen molar-refractivity contribution < 1.29 is 18.4 Å². The molecule has 5 nitrogen and oxygen atoms in total. The van der Waals surface area contributed by atoms with Crippen LogP contribution in [-0.2, 0) is 9.59 Å². The van der Waals surface area contributed by atoms with Crippen molar-refractivity contribution >= 4 is 17.5 Å². The summed E-state index contributed by atoms with van der Waals surface area (Å²) in [5.41, 5.74) is 9.43. The number of primary amides is 1. The van der Waals surface area contributed by atoms with Gasteiger partial charge >= 0.3 is 0 Å². The molecular formula is C12H14F2N3O2. The molecule has 1 rings (SSSR count). The smallest absolute Gasteiger partial charge is 0.242 e. The second-order valence-electron chi connectivity index (χ2n) is 4.05. The number of hydrogen-bond donors (Lipinski definition) is 3. The molecule has 4 N–H and O–H groups in total. The van der Waals surface area contributed by atoms with Gasteiger partial charge in [-0.25, -0.2) is 8.78 Å². The van der Waals surface area contributed by atoms with Crippen molar-refractivity contribution in [3.63, 3.8) is 0 Å². The lowest BCUT2D eigenvalue weighted by molar-refractivity contribution is -0.119. The Balaban J connectivity index is 2.43. The number of benzene rings is 1. The fourth-order valence-electron chi connectivity index (χ4n) is 1.40. The van der Waals surface area contributed by atoms with Crippen LogP contribution in [0.15, 0.2) is 18.2 Å². The Labute approximate surface area is 109 Å². The van der Waals surface area contributed by atoms with E-state index in [0.717, 1.165) is 12.1 Å². The fraction of sp³-hybridized carbons (Fsp3) is 0.250. The minimum Gasteiger partial charge on any atom is -0.370 e. The molecule has 1 atom stereocenters. The zero-order chi connectivity index (χ0) is 14.4. The highest BCUT2D eigenvalue weighted by Gasteiger charge is 2.12. The lowest BCUT2D eigenvalue weighted by Gasteiger charge is -2.11. The van der Waals surface area contributed by atoms with E-state index in [4.69, 9.17) is 5.73 Å². The number of halogens is 2. The first-order valence-corrected chi connectivity index (χ1v) is 5.52. The molecule has 1 aromatic rings. The number of hydrogen-bond acceptors (Lipinski definition) is 3. The highest BCUT2D eigenvalue weighted by molar-refractivity contribution is 5.87. The summed E-state index contributed by atoms with van der Waals surface area (Å²) in [4.78, 5) is 22.0. The molecule has 7 heteroatoms. The van der Waals surface area contributed by atoms with Gasteiger partial charge in [-0.15, -0.1) is 0 Å². The Bertz CT molecular complexity index is 480. The number of carbonyl (C=O) groups is 2. The molecule has 0 fully saturated rings. The third kappa shape index (κ3) is 5.33. The minimum absolute atomic E-state index is 0.0400. The van der Waals surface area contributed by atoms with Gasteiger partial charge in [0.15, 0.2) is 5.82 Å². The average molecular weight is 270 g/mol. The fourth-order valence-corrected chi connectivity index (χ4v) is 1.40. The van der Waals surface area contributed by atoms with Crippen LogP contribution in [0.5, 0.6) is 0 Å². The van der Waals surface area contributed by atoms with Gasteiger partial charge in [0, 0.05) is 12.5 Å². The van der Waals surface area contributed by atoms with Gasteiger partial charge in [-0.1, -0.05) is 6.92 Å². The molecule has 103 valence electrons. The molecule has 19 heavy (non-hydrogen) atoms. The van der Waals surface area contributed by atoms with Gasteiger partial charge in [0.25, 0.3) is 0 Å². The van der Waals surface area contributed by atoms with Crippen molar-refractivity contribution in [2.45, 2.75) is 13.3 Å². The summed E-state index contributed by atoms with van der Waals surface area (Å²) in [5.74, 6) is -2.94. The molecule has 0 aromatic heterocycles. The summed E-state index contributed by atoms with van der Waals surface area (Å²) in [6.45, 7) is 1.64. The quantitative estimate of drug-likeness (QED) is 0.677. The van der Waals surface area contributed by atoms with Gasteiger partial charge < -0.3 is 5.73 Å². The zero-order valence-corrected chi connectivity index (χ0v) is 10.2. The molecule has 0 aliphatic heterocycles. The van der Waals surface area contributed by atoms with E-state index in [0.29, 0.717) is 6.07 Å². The van der Waals surface area contributed by atoms with Crippen molar-refractivity contribution in [1.29, 1.82) is 0 Å². The van der Waals surface area contributed by atoms with Crippen LogP contribution >= 0.6 is 0 Å². The number of carbonyl (C=O) groups excluding carboxylic acids is 2. The molecule has 0 unspecified atom stereocenters. The van der Waals surface area contributed by atoms with E-state index in [1.165, 1.54) is 6.42 Å². The second-order valence-corrected chi connectivity index (χ2v) is 4.05. The van der Waals surface area contributed by atoms with Crippen molar-refractivity contribution in [1.82, 2.24) is 5.43 Å². The first-order valence-electron chi connectivity index (χ1n) is 5.52. The molecule has 2 amide bonds. The summed E-state index contributed by atoms with van der Waals surface area (Å²) >= 11 is 0. The maximum atomic E-state index is 13.2. The van der Waals surface area contributed by atoms with E-state index in [1.807, 2.05) is 0 Å². The molecule has 0 bridgehead atoms. The van der Waals surface area contributed by atoms with Crippen molar-refractivity contribution in [2.75, 3.05) is 5.43 Å². The maximum absolute atomic E-state index is 13.2. The molecule has 0 aliphatic carbocycles. The van der Waals surface area contributed by atoms with E-state index >= 15 is 0 Å². The van der Waals surface area contributed by atoms with E-state index in [1.54, 1.807) is 6.92 Å². The molecule has 1 radical (unpaired) electrons. The van der Waals surface area contributed by atoms with Gasteiger partial charge in [0.05, 0.1) is 12.1 Å². The topological polar surface area (TPSA) is 84.2 Å². The molecule has 0 spiro atoms. The Morgan fingerprint density at radius 3 is 2.68 bits per heavy atom. The molecule has 0 saturated heterocycles. The summed E-state index contributed by atoms with van der Waals surface area (Å²) in [6, 6.07) is 2.89. The lowest BCUT2D eigenvalue weighted by atomic mass is 10.0. The third-order valence-electron chi connectivity index (χ3n) is 2.21. The van der Waals surface area contributed by atoms with E-state index in [9.17, 15) is 18.4 Å². The summed E-state index contributed by atoms with van der Waals surface area (Å²) in [7, 11) is 0. The van der Waals surface area contributed by atoms with Gasteiger partial charge in [-0.05, 0) is 18.1 Å². The van der Waals surface area contributed by atoms with Crippen LogP contribution in [0.1, 0.15) is 13.3 Å². The van der Waals surface area contributed by atoms with Crippen LogP contribution in [-0.4, -0.2) is 11.8 Å². The number of amides is 2. The maximum Gasteiger partial charge on any atom is 0.242 e. The summed E-state index contributed by atoms with van der Waals surface area (Å²) < 4.78 is 25.8. The first kappa shape index (κ1) is 14.9. The van der Waals surface area contributed by atoms with Gasteiger partial charge in [0.2, 0.25) is 11.8 Å². The zero-order valence-electron chi connectivity index (χ0n) is 10.2. The number of hydrazine groups is 1. The van der Waals surface area contributed by atoms with E-state index in [-0.39, 0.29) is 18.0 Å². The Morgan fingerprint density at radius 2 is 2.11 bits per heavy atom. The van der Waals surface area contributed by atoms with Gasteiger partial charge in [-0.2, -0.15) is 0 Å². The number of anilines is 1. The lowest BCUT2D eigenvalue weighted by Crippen LogP contribution is -2.32. The second kappa shape index (κ2) is 6.67. The average Bonchev–Trinajstić information content (AvgIpc) is 2.26. The number of nitrogens with two attached hydrogens (primary N) is 1. The third-order valence-corrected chi connectivity index (χ3v) is 2.21. The van der Waals surface area contributed by atoms with Gasteiger partial charge in [-0.3, -0.25) is 20.4 Å². The Hall–Kier alpha value is -2.18. The molecular weight excluding hydrogens is 256 g/mol. The summed E-state index contributed by atoms with van der Waals surface area (Å²) in [5, 5.41) is 0. The van der Waals surface area contributed by atoms with Gasteiger partial charge in [0.1, 0.15) is 5.82 Å². The highest BCUT2D eigenvalue weighted by Crippen LogP contribution is 2.13. The highest BCUT2D eigenvalue weighted by atomic mass is 19.1. The normalized spacial score (nSPS) is 11.7. The summed E-state index contributed by atoms with van der Waals surface area (Å²) in [6.07, 6.45) is 1.28. The van der Waals surface area contributed by atoms with Crippen molar-refractivity contribution in [3.05, 3.63) is 36.3 Å². The minimum atomic E-state index is -0.828. The monoisotopic (exact) mass is 270 g/mol. The Morgan fingerprint density at radius 1 is 1.42 bits per heavy atom. The Kier molecular flexibility index (Phi) is 5.23. The predicted octanol–water partition coefficient (Wildman–Crippen LogP) is 1.12. The SMILES string of the molecule is C[C@@H]([CH]C(=O)NNc1ccc(F)cc1F)CC(N)=O. The molecule has 0 heterocycles. The van der Waals surface area contributed by atoms with Crippen LogP contribution in [0.3, 0.4) is 0 Å². The van der Waals surface area contributed by atoms with Crippen molar-refractivity contribution in [3.8, 4) is 0 Å². The number of nitrogens with one attached hydrogen (secondary N) is 2. The van der Waals surface area contributed by atoms with Crippen LogP contribution in [0.4, 0.5) is 14.5 Å². The molecule has 0 saturated carbocycles. The predicted molar refractivity (Wildman–Crippen MR) is 65.4 cm³/mol. The van der Waals surface area contributed by atoms with E-state index in [2.05, 4.69) is 10.9 Å². The van der Waals surface area contributed by atoms with Crippen LogP contribution in [0.25, 0.3) is 0 Å².